The molecule has 0 radical (unpaired) electrons. The third-order valence-corrected chi connectivity index (χ3v) is 4.84. The SMILES string of the molecule is CCc1ccc(C(=O)C(C#N)c2c(Cl)cccc2Cl)s1. The first-order valence-electron chi connectivity index (χ1n) is 6.05. The van der Waals surface area contributed by atoms with E-state index in [-0.39, 0.29) is 5.78 Å². The molecule has 2 nitrogen and oxygen atoms in total. The number of nitrogens with zero attached hydrogens (tertiary/aromatic N) is 1. The zero-order chi connectivity index (χ0) is 14.7. The lowest BCUT2D eigenvalue weighted by Gasteiger charge is -2.11. The molecule has 2 aromatic rings. The van der Waals surface area contributed by atoms with Gasteiger partial charge in [0, 0.05) is 20.5 Å². The predicted molar refractivity (Wildman–Crippen MR) is 82.8 cm³/mol. The molecule has 102 valence electrons. The maximum absolute atomic E-state index is 12.5. The zero-order valence-corrected chi connectivity index (χ0v) is 13.0. The quantitative estimate of drug-likeness (QED) is 0.734. The molecule has 0 aliphatic heterocycles. The Morgan fingerprint density at radius 3 is 2.45 bits per heavy atom. The van der Waals surface area contributed by atoms with Crippen LogP contribution in [0.2, 0.25) is 10.0 Å². The number of Topliss-reactive ketones (excluding diaryl/α,β-unsaturated/α-hetero) is 1. The fraction of sp³-hybridized carbons (Fsp3) is 0.200. The Morgan fingerprint density at radius 2 is 1.95 bits per heavy atom. The van der Waals surface area contributed by atoms with Crippen LogP contribution in [0.15, 0.2) is 30.3 Å². The predicted octanol–water partition coefficient (Wildman–Crippen LogP) is 5.11. The minimum absolute atomic E-state index is 0.257. The first-order chi connectivity index (χ1) is 9.58. The van der Waals surface area contributed by atoms with Gasteiger partial charge in [-0.25, -0.2) is 0 Å². The largest absolute Gasteiger partial charge is 0.291 e. The molecule has 5 heteroatoms. The minimum Gasteiger partial charge on any atom is -0.291 e. The highest BCUT2D eigenvalue weighted by molar-refractivity contribution is 7.14. The van der Waals surface area contributed by atoms with Gasteiger partial charge >= 0.3 is 0 Å². The summed E-state index contributed by atoms with van der Waals surface area (Å²) in [4.78, 5) is 14.1. The third-order valence-electron chi connectivity index (χ3n) is 2.93. The molecule has 0 aliphatic carbocycles. The van der Waals surface area contributed by atoms with Crippen molar-refractivity contribution in [1.29, 1.82) is 5.26 Å². The van der Waals surface area contributed by atoms with E-state index in [9.17, 15) is 10.1 Å². The van der Waals surface area contributed by atoms with E-state index in [1.807, 2.05) is 19.1 Å². The molecule has 1 heterocycles. The van der Waals surface area contributed by atoms with Crippen LogP contribution in [0.4, 0.5) is 0 Å². The number of thiophene rings is 1. The van der Waals surface area contributed by atoms with E-state index in [0.29, 0.717) is 20.5 Å². The average molecular weight is 324 g/mol. The van der Waals surface area contributed by atoms with Crippen LogP contribution in [0.25, 0.3) is 0 Å². The van der Waals surface area contributed by atoms with Crippen molar-refractivity contribution < 1.29 is 4.79 Å². The number of carbonyl (C=O) groups is 1. The molecule has 0 fully saturated rings. The van der Waals surface area contributed by atoms with Gasteiger partial charge in [-0.05, 0) is 30.7 Å². The smallest absolute Gasteiger partial charge is 0.194 e. The number of halogens is 2. The van der Waals surface area contributed by atoms with Crippen LogP contribution in [0.5, 0.6) is 0 Å². The van der Waals surface area contributed by atoms with Crippen molar-refractivity contribution >= 4 is 40.3 Å². The van der Waals surface area contributed by atoms with Gasteiger partial charge in [-0.1, -0.05) is 36.2 Å². The number of carbonyl (C=O) groups excluding carboxylic acids is 1. The topological polar surface area (TPSA) is 40.9 Å². The molecule has 0 bridgehead atoms. The Balaban J connectivity index is 2.43. The number of hydrogen-bond acceptors (Lipinski definition) is 3. The van der Waals surface area contributed by atoms with Crippen LogP contribution in [-0.4, -0.2) is 5.78 Å². The molecule has 20 heavy (non-hydrogen) atoms. The summed E-state index contributed by atoms with van der Waals surface area (Å²) in [6.45, 7) is 2.02. The fourth-order valence-corrected chi connectivity index (χ4v) is 3.42. The van der Waals surface area contributed by atoms with Crippen molar-refractivity contribution in [1.82, 2.24) is 0 Å². The van der Waals surface area contributed by atoms with Crippen LogP contribution in [-0.2, 0) is 6.42 Å². The maximum Gasteiger partial charge on any atom is 0.194 e. The molecule has 1 atom stereocenters. The first-order valence-corrected chi connectivity index (χ1v) is 7.62. The first kappa shape index (κ1) is 15.1. The van der Waals surface area contributed by atoms with Gasteiger partial charge < -0.3 is 0 Å². The van der Waals surface area contributed by atoms with Crippen LogP contribution in [0, 0.1) is 11.3 Å². The minimum atomic E-state index is -0.973. The summed E-state index contributed by atoms with van der Waals surface area (Å²) in [6, 6.07) is 10.6. The molecule has 0 saturated carbocycles. The van der Waals surface area contributed by atoms with Crippen molar-refractivity contribution in [2.24, 2.45) is 0 Å². The van der Waals surface area contributed by atoms with Crippen LogP contribution in [0.3, 0.4) is 0 Å². The molecular weight excluding hydrogens is 313 g/mol. The molecule has 2 rings (SSSR count). The van der Waals surface area contributed by atoms with E-state index in [1.54, 1.807) is 24.3 Å². The molecule has 0 aliphatic rings. The number of aryl methyl sites for hydroxylation is 1. The van der Waals surface area contributed by atoms with Gasteiger partial charge in [-0.15, -0.1) is 11.3 Å². The summed E-state index contributed by atoms with van der Waals surface area (Å²) >= 11 is 13.6. The lowest BCUT2D eigenvalue weighted by atomic mass is 9.95. The normalized spacial score (nSPS) is 11.9. The monoisotopic (exact) mass is 323 g/mol. The van der Waals surface area contributed by atoms with Crippen LogP contribution >= 0.6 is 34.5 Å². The van der Waals surface area contributed by atoms with Crippen molar-refractivity contribution in [3.05, 3.63) is 55.7 Å². The van der Waals surface area contributed by atoms with Gasteiger partial charge in [0.15, 0.2) is 5.78 Å². The van der Waals surface area contributed by atoms with Crippen LogP contribution in [0.1, 0.15) is 33.0 Å². The molecule has 0 N–H and O–H groups in total. The van der Waals surface area contributed by atoms with E-state index in [2.05, 4.69) is 0 Å². The number of rotatable bonds is 4. The number of nitriles is 1. The van der Waals surface area contributed by atoms with E-state index in [1.165, 1.54) is 11.3 Å². The standard InChI is InChI=1S/C15H11Cl2NOS/c1-2-9-6-7-13(20-9)15(19)10(8-18)14-11(16)4-3-5-12(14)17/h3-7,10H,2H2,1H3. The fourth-order valence-electron chi connectivity index (χ4n) is 1.88. The van der Waals surface area contributed by atoms with Gasteiger partial charge in [0.1, 0.15) is 5.92 Å². The molecule has 1 aromatic heterocycles. The summed E-state index contributed by atoms with van der Waals surface area (Å²) in [6.07, 6.45) is 0.863. The lowest BCUT2D eigenvalue weighted by Crippen LogP contribution is -2.11. The van der Waals surface area contributed by atoms with Gasteiger partial charge in [-0.3, -0.25) is 4.79 Å². The number of hydrogen-bond donors (Lipinski definition) is 0. The Labute approximate surface area is 131 Å². The summed E-state index contributed by atoms with van der Waals surface area (Å²) in [5.41, 5.74) is 0.384. The molecular formula is C15H11Cl2NOS. The third kappa shape index (κ3) is 2.88. The summed E-state index contributed by atoms with van der Waals surface area (Å²) in [5, 5.41) is 10.0. The average Bonchev–Trinajstić information content (AvgIpc) is 2.91. The summed E-state index contributed by atoms with van der Waals surface area (Å²) in [7, 11) is 0. The highest BCUT2D eigenvalue weighted by Crippen LogP contribution is 2.34. The van der Waals surface area contributed by atoms with Crippen molar-refractivity contribution in [2.75, 3.05) is 0 Å². The Morgan fingerprint density at radius 1 is 1.30 bits per heavy atom. The Hall–Kier alpha value is -1.34. The molecule has 0 spiro atoms. The molecule has 0 saturated heterocycles. The van der Waals surface area contributed by atoms with E-state index >= 15 is 0 Å². The second-order valence-electron chi connectivity index (χ2n) is 4.18. The Bertz CT molecular complexity index is 667. The van der Waals surface area contributed by atoms with Gasteiger partial charge in [0.2, 0.25) is 0 Å². The van der Waals surface area contributed by atoms with E-state index < -0.39 is 5.92 Å². The Kier molecular flexibility index (Phi) is 4.82. The second-order valence-corrected chi connectivity index (χ2v) is 6.16. The van der Waals surface area contributed by atoms with Crippen LogP contribution < -0.4 is 0 Å². The lowest BCUT2D eigenvalue weighted by molar-refractivity contribution is 0.0983. The molecule has 0 amide bonds. The van der Waals surface area contributed by atoms with Crippen molar-refractivity contribution in [3.63, 3.8) is 0 Å². The second kappa shape index (κ2) is 6.41. The highest BCUT2D eigenvalue weighted by Gasteiger charge is 2.27. The zero-order valence-electron chi connectivity index (χ0n) is 10.7. The maximum atomic E-state index is 12.5. The highest BCUT2D eigenvalue weighted by atomic mass is 35.5. The van der Waals surface area contributed by atoms with Gasteiger partial charge in [0.05, 0.1) is 10.9 Å². The van der Waals surface area contributed by atoms with E-state index in [0.717, 1.165) is 11.3 Å². The van der Waals surface area contributed by atoms with Crippen molar-refractivity contribution in [3.8, 4) is 6.07 Å². The van der Waals surface area contributed by atoms with E-state index in [4.69, 9.17) is 23.2 Å². The molecule has 1 unspecified atom stereocenters. The number of benzene rings is 1. The summed E-state index contributed by atoms with van der Waals surface area (Å²) < 4.78 is 0. The number of ketones is 1. The van der Waals surface area contributed by atoms with Gasteiger partial charge in [0.25, 0.3) is 0 Å². The molecule has 1 aromatic carbocycles. The van der Waals surface area contributed by atoms with Gasteiger partial charge in [-0.2, -0.15) is 5.26 Å². The van der Waals surface area contributed by atoms with Crippen molar-refractivity contribution in [2.45, 2.75) is 19.3 Å². The summed E-state index contributed by atoms with van der Waals surface area (Å²) in [5.74, 6) is -1.23.